The number of primary amides is 1. The Kier molecular flexibility index (Phi) is 5.66. The van der Waals surface area contributed by atoms with Crippen LogP contribution in [-0.4, -0.2) is 73.6 Å². The lowest BCUT2D eigenvalue weighted by molar-refractivity contribution is -0.159. The van der Waals surface area contributed by atoms with E-state index in [2.05, 4.69) is 0 Å². The molecule has 1 saturated carbocycles. The highest BCUT2D eigenvalue weighted by atomic mass is 35.5. The Bertz CT molecular complexity index is 1160. The lowest BCUT2D eigenvalue weighted by atomic mass is 9.54. The first-order valence-electron chi connectivity index (χ1n) is 9.97. The molecule has 0 saturated heterocycles. The fraction of sp³-hybridized carbons (Fsp3) is 0.409. The van der Waals surface area contributed by atoms with Gasteiger partial charge in [0.05, 0.1) is 17.2 Å². The summed E-state index contributed by atoms with van der Waals surface area (Å²) in [7, 11) is 3.01. The molecule has 4 rings (SSSR count). The van der Waals surface area contributed by atoms with Crippen molar-refractivity contribution < 1.29 is 39.9 Å². The van der Waals surface area contributed by atoms with Gasteiger partial charge in [-0.05, 0) is 39.1 Å². The van der Waals surface area contributed by atoms with E-state index >= 15 is 0 Å². The number of Topliss-reactive ketones (excluding diaryl/α,β-unsaturated/α-hetero) is 2. The smallest absolute Gasteiger partial charge is 0.255 e. The highest BCUT2D eigenvalue weighted by molar-refractivity contribution is 6.24. The van der Waals surface area contributed by atoms with Gasteiger partial charge in [0.1, 0.15) is 22.8 Å². The number of hydrogen-bond donors (Lipinski definition) is 6. The molecule has 3 unspecified atom stereocenters. The molecule has 1 aromatic rings. The van der Waals surface area contributed by atoms with Gasteiger partial charge in [0.2, 0.25) is 5.78 Å². The summed E-state index contributed by atoms with van der Waals surface area (Å²) in [4.78, 5) is 40.0. The standard InChI is InChI=1S/C22H24N2O8.ClH/c1-21(31)8-5-4-6-11(25)12(8)16(26)13-9(21)7-10-15(24(2)3)17(27)14(20(23)30)19(29)22(10,32)18(13)28;/h4-6,9-10,15,25-26,29,31-32H,7H2,1-3H3,(H2,23,30);1H/t9?,10?,15?,21-,22+;/m1./s1. The number of carbonyl (C=O) groups is 3. The Hall–Kier alpha value is -2.92. The third-order valence-corrected chi connectivity index (χ3v) is 7.02. The first kappa shape index (κ1) is 24.7. The van der Waals surface area contributed by atoms with E-state index in [1.807, 2.05) is 0 Å². The van der Waals surface area contributed by atoms with Crippen LogP contribution in [0.15, 0.2) is 35.1 Å². The average Bonchev–Trinajstić information content (AvgIpc) is 2.68. The summed E-state index contributed by atoms with van der Waals surface area (Å²) in [5.74, 6) is -7.90. The van der Waals surface area contributed by atoms with Crippen molar-refractivity contribution in [2.75, 3.05) is 14.1 Å². The molecule has 5 atom stereocenters. The number of likely N-dealkylation sites (N-methyl/N-ethyl adjacent to an activating group) is 1. The molecule has 3 aliphatic rings. The molecular weight excluding hydrogens is 456 g/mol. The fourth-order valence-electron chi connectivity index (χ4n) is 5.50. The number of phenolic OH excluding ortho intramolecular Hbond substituents is 1. The molecule has 3 aliphatic carbocycles. The van der Waals surface area contributed by atoms with Gasteiger partial charge < -0.3 is 31.3 Å². The number of ketones is 2. The minimum absolute atomic E-state index is 0. The van der Waals surface area contributed by atoms with Crippen LogP contribution in [0.25, 0.3) is 5.76 Å². The van der Waals surface area contributed by atoms with Gasteiger partial charge in [-0.2, -0.15) is 0 Å². The van der Waals surface area contributed by atoms with Crippen LogP contribution >= 0.6 is 12.4 Å². The third-order valence-electron chi connectivity index (χ3n) is 7.02. The number of carbonyl (C=O) groups excluding carboxylic acids is 3. The normalized spacial score (nSPS) is 33.3. The van der Waals surface area contributed by atoms with Gasteiger partial charge in [0.15, 0.2) is 11.4 Å². The summed E-state index contributed by atoms with van der Waals surface area (Å²) in [6, 6.07) is 3.02. The molecule has 0 bridgehead atoms. The number of halogens is 1. The number of hydrogen-bond acceptors (Lipinski definition) is 9. The number of nitrogens with two attached hydrogens (primary N) is 1. The number of phenols is 1. The third kappa shape index (κ3) is 2.95. The Balaban J connectivity index is 0.00000306. The predicted octanol–water partition coefficient (Wildman–Crippen LogP) is 0.0508. The zero-order valence-corrected chi connectivity index (χ0v) is 18.9. The van der Waals surface area contributed by atoms with Gasteiger partial charge >= 0.3 is 0 Å². The van der Waals surface area contributed by atoms with Gasteiger partial charge in [-0.1, -0.05) is 12.1 Å². The Labute approximate surface area is 195 Å². The minimum Gasteiger partial charge on any atom is -0.508 e. The van der Waals surface area contributed by atoms with E-state index in [1.54, 1.807) is 0 Å². The zero-order valence-electron chi connectivity index (χ0n) is 18.1. The highest BCUT2D eigenvalue weighted by Crippen LogP contribution is 2.57. The predicted molar refractivity (Wildman–Crippen MR) is 117 cm³/mol. The van der Waals surface area contributed by atoms with Crippen LogP contribution in [0, 0.1) is 11.8 Å². The van der Waals surface area contributed by atoms with Crippen LogP contribution in [0.3, 0.4) is 0 Å². The number of aromatic hydroxyl groups is 1. The van der Waals surface area contributed by atoms with Crippen molar-refractivity contribution in [3.05, 3.63) is 46.2 Å². The minimum atomic E-state index is -2.75. The summed E-state index contributed by atoms with van der Waals surface area (Å²) in [6.45, 7) is 1.40. The summed E-state index contributed by atoms with van der Waals surface area (Å²) in [6.07, 6.45) is -0.200. The SMILES string of the molecule is CN(C)C1C(=O)C(C(N)=O)=C(O)[C@@]2(O)C(=O)C3=C(O)c4c(O)cccc4[C@@](C)(O)C3CC12.Cl. The lowest BCUT2D eigenvalue weighted by Gasteiger charge is -2.53. The quantitative estimate of drug-likeness (QED) is 0.318. The number of benzene rings is 1. The maximum atomic E-state index is 13.7. The van der Waals surface area contributed by atoms with Gasteiger partial charge in [-0.15, -0.1) is 12.4 Å². The van der Waals surface area contributed by atoms with E-state index in [0.717, 1.165) is 0 Å². The molecule has 1 fully saturated rings. The van der Waals surface area contributed by atoms with Crippen molar-refractivity contribution in [3.63, 3.8) is 0 Å². The molecule has 33 heavy (non-hydrogen) atoms. The van der Waals surface area contributed by atoms with Crippen molar-refractivity contribution in [1.82, 2.24) is 4.90 Å². The van der Waals surface area contributed by atoms with Crippen molar-refractivity contribution in [1.29, 1.82) is 0 Å². The molecule has 1 amide bonds. The van der Waals surface area contributed by atoms with Gasteiger partial charge in [0.25, 0.3) is 5.91 Å². The first-order chi connectivity index (χ1) is 14.8. The molecule has 10 nitrogen and oxygen atoms in total. The molecule has 0 aromatic heterocycles. The van der Waals surface area contributed by atoms with Crippen molar-refractivity contribution in [2.45, 2.75) is 30.6 Å². The second-order valence-corrected chi connectivity index (χ2v) is 8.96. The van der Waals surface area contributed by atoms with Crippen LogP contribution in [0.1, 0.15) is 24.5 Å². The zero-order chi connectivity index (χ0) is 23.9. The number of fused-ring (bicyclic) bond motifs is 3. The van der Waals surface area contributed by atoms with Crippen LogP contribution in [0.2, 0.25) is 0 Å². The van der Waals surface area contributed by atoms with E-state index in [9.17, 15) is 39.9 Å². The second-order valence-electron chi connectivity index (χ2n) is 8.96. The first-order valence-corrected chi connectivity index (χ1v) is 9.97. The summed E-state index contributed by atoms with van der Waals surface area (Å²) in [5, 5.41) is 54.9. The molecule has 178 valence electrons. The monoisotopic (exact) mass is 480 g/mol. The highest BCUT2D eigenvalue weighted by Gasteiger charge is 2.66. The summed E-state index contributed by atoms with van der Waals surface area (Å²) < 4.78 is 0. The fourth-order valence-corrected chi connectivity index (χ4v) is 5.50. The number of amides is 1. The van der Waals surface area contributed by atoms with Crippen molar-refractivity contribution in [2.24, 2.45) is 17.6 Å². The topological polar surface area (TPSA) is 182 Å². The molecule has 0 spiro atoms. The van der Waals surface area contributed by atoms with Crippen LogP contribution in [-0.2, 0) is 20.0 Å². The van der Waals surface area contributed by atoms with E-state index in [-0.39, 0.29) is 30.0 Å². The van der Waals surface area contributed by atoms with E-state index in [0.29, 0.717) is 0 Å². The summed E-state index contributed by atoms with van der Waals surface area (Å²) in [5.41, 5.74) is -0.548. The molecular formula is C22H25ClN2O8. The van der Waals surface area contributed by atoms with Crippen LogP contribution in [0.5, 0.6) is 5.75 Å². The Morgan fingerprint density at radius 3 is 2.30 bits per heavy atom. The van der Waals surface area contributed by atoms with E-state index in [1.165, 1.54) is 44.1 Å². The second kappa shape index (κ2) is 7.56. The lowest BCUT2D eigenvalue weighted by Crippen LogP contribution is -2.67. The molecule has 7 N–H and O–H groups in total. The maximum absolute atomic E-state index is 13.7. The molecule has 1 aromatic carbocycles. The van der Waals surface area contributed by atoms with Crippen LogP contribution < -0.4 is 5.73 Å². The number of nitrogens with zero attached hydrogens (tertiary/aromatic N) is 1. The van der Waals surface area contributed by atoms with Crippen molar-refractivity contribution in [3.8, 4) is 5.75 Å². The maximum Gasteiger partial charge on any atom is 0.255 e. The largest absolute Gasteiger partial charge is 0.508 e. The van der Waals surface area contributed by atoms with Gasteiger partial charge in [-0.3, -0.25) is 19.3 Å². The Morgan fingerprint density at radius 1 is 1.15 bits per heavy atom. The van der Waals surface area contributed by atoms with E-state index in [4.69, 9.17) is 5.73 Å². The average molecular weight is 481 g/mol. The molecule has 0 heterocycles. The summed E-state index contributed by atoms with van der Waals surface area (Å²) >= 11 is 0. The van der Waals surface area contributed by atoms with Gasteiger partial charge in [0, 0.05) is 17.4 Å². The number of aliphatic hydroxyl groups excluding tert-OH is 2. The molecule has 0 aliphatic heterocycles. The van der Waals surface area contributed by atoms with Gasteiger partial charge in [-0.25, -0.2) is 0 Å². The molecule has 0 radical (unpaired) electrons. The molecule has 11 heteroatoms. The Morgan fingerprint density at radius 2 is 1.76 bits per heavy atom. The number of rotatable bonds is 2. The van der Waals surface area contributed by atoms with Crippen molar-refractivity contribution >= 4 is 35.6 Å². The van der Waals surface area contributed by atoms with Crippen LogP contribution in [0.4, 0.5) is 0 Å². The van der Waals surface area contributed by atoms with E-state index < -0.39 is 75.0 Å². The number of aliphatic hydroxyl groups is 4.